The van der Waals surface area contributed by atoms with E-state index in [9.17, 15) is 15.0 Å². The standard InChI is InChI=1S/C25H31NO4S/c1-13-10-11-15(17(27)12-13)20-19(22(24(28)29)30-25(3,4)5)14(2)26-23-21(20)16-8-6-7-9-18(16)31-23/h10-11,17,22,27H,6-9,12H2,1-5H3,(H,28,29)/t17?,22-/m0/s1. The molecule has 0 fully saturated rings. The van der Waals surface area contributed by atoms with E-state index >= 15 is 0 Å². The van der Waals surface area contributed by atoms with Crippen LogP contribution in [0, 0.1) is 6.92 Å². The average Bonchev–Trinajstić information content (AvgIpc) is 3.02. The summed E-state index contributed by atoms with van der Waals surface area (Å²) in [6.07, 6.45) is 6.94. The first kappa shape index (κ1) is 22.2. The second kappa shape index (κ2) is 8.15. The molecule has 0 aliphatic heterocycles. The summed E-state index contributed by atoms with van der Waals surface area (Å²) in [5.74, 6) is -1.04. The Kier molecular flexibility index (Phi) is 5.83. The highest BCUT2D eigenvalue weighted by Gasteiger charge is 2.35. The fourth-order valence-electron chi connectivity index (χ4n) is 4.70. The number of nitrogens with zero attached hydrogens (tertiary/aromatic N) is 1. The molecular formula is C25H31NO4S. The van der Waals surface area contributed by atoms with Crippen LogP contribution in [0.1, 0.15) is 80.3 Å². The molecular weight excluding hydrogens is 410 g/mol. The number of carboxylic acids is 1. The minimum atomic E-state index is -1.16. The number of pyridine rings is 1. The molecule has 0 radical (unpaired) electrons. The van der Waals surface area contributed by atoms with Crippen molar-refractivity contribution in [3.8, 4) is 0 Å². The number of aliphatic hydroxyl groups is 1. The number of ether oxygens (including phenoxy) is 1. The molecule has 0 bridgehead atoms. The van der Waals surface area contributed by atoms with Crippen LogP contribution in [0.3, 0.4) is 0 Å². The summed E-state index contributed by atoms with van der Waals surface area (Å²) in [4.78, 5) is 19.6. The number of fused-ring (bicyclic) bond motifs is 3. The van der Waals surface area contributed by atoms with Gasteiger partial charge in [0.05, 0.1) is 11.7 Å². The lowest BCUT2D eigenvalue weighted by Gasteiger charge is -2.30. The summed E-state index contributed by atoms with van der Waals surface area (Å²) in [7, 11) is 0. The maximum absolute atomic E-state index is 12.4. The van der Waals surface area contributed by atoms with E-state index in [0.717, 1.165) is 46.2 Å². The quantitative estimate of drug-likeness (QED) is 0.653. The normalized spacial score (nSPS) is 20.3. The summed E-state index contributed by atoms with van der Waals surface area (Å²) < 4.78 is 6.06. The van der Waals surface area contributed by atoms with Crippen LogP contribution in [-0.4, -0.2) is 32.9 Å². The van der Waals surface area contributed by atoms with Gasteiger partial charge < -0.3 is 14.9 Å². The first-order valence-electron chi connectivity index (χ1n) is 11.0. The van der Waals surface area contributed by atoms with Crippen molar-refractivity contribution in [2.75, 3.05) is 0 Å². The zero-order valence-electron chi connectivity index (χ0n) is 18.9. The molecule has 2 atom stereocenters. The second-order valence-corrected chi connectivity index (χ2v) is 10.8. The van der Waals surface area contributed by atoms with Gasteiger partial charge in [-0.05, 0) is 83.4 Å². The maximum atomic E-state index is 12.4. The lowest BCUT2D eigenvalue weighted by Crippen LogP contribution is -2.29. The van der Waals surface area contributed by atoms with Crippen molar-refractivity contribution >= 4 is 33.1 Å². The molecule has 2 aromatic heterocycles. The van der Waals surface area contributed by atoms with Crippen LogP contribution in [0.4, 0.5) is 0 Å². The van der Waals surface area contributed by atoms with Crippen LogP contribution in [0.15, 0.2) is 17.7 Å². The first-order chi connectivity index (χ1) is 14.6. The molecule has 0 saturated carbocycles. The summed E-state index contributed by atoms with van der Waals surface area (Å²) >= 11 is 1.71. The lowest BCUT2D eigenvalue weighted by molar-refractivity contribution is -0.160. The monoisotopic (exact) mass is 441 g/mol. The number of thiophene rings is 1. The van der Waals surface area contributed by atoms with Crippen LogP contribution < -0.4 is 0 Å². The van der Waals surface area contributed by atoms with Crippen molar-refractivity contribution in [2.45, 2.75) is 84.5 Å². The van der Waals surface area contributed by atoms with Gasteiger partial charge in [-0.3, -0.25) is 0 Å². The van der Waals surface area contributed by atoms with Gasteiger partial charge in [0.25, 0.3) is 0 Å². The third-order valence-corrected chi connectivity index (χ3v) is 7.19. The molecule has 1 unspecified atom stereocenters. The minimum Gasteiger partial charge on any atom is -0.479 e. The van der Waals surface area contributed by atoms with Gasteiger partial charge in [-0.15, -0.1) is 11.3 Å². The van der Waals surface area contributed by atoms with E-state index in [-0.39, 0.29) is 0 Å². The molecule has 2 heterocycles. The molecule has 5 nitrogen and oxygen atoms in total. The smallest absolute Gasteiger partial charge is 0.337 e. The minimum absolute atomic E-state index is 0.540. The number of hydrogen-bond acceptors (Lipinski definition) is 5. The fraction of sp³-hybridized carbons (Fsp3) is 0.520. The van der Waals surface area contributed by atoms with Crippen molar-refractivity contribution in [2.24, 2.45) is 0 Å². The molecule has 2 aromatic rings. The number of carbonyl (C=O) groups is 1. The van der Waals surface area contributed by atoms with Crippen molar-refractivity contribution in [3.05, 3.63) is 45.0 Å². The highest BCUT2D eigenvalue weighted by atomic mass is 32.1. The SMILES string of the molecule is CC1=CC=C(c2c([C@H](OC(C)(C)C)C(=O)O)c(C)nc3sc4c(c23)CCCC4)C(O)C1. The van der Waals surface area contributed by atoms with E-state index in [2.05, 4.69) is 0 Å². The van der Waals surface area contributed by atoms with Gasteiger partial charge in [0.15, 0.2) is 6.10 Å². The number of rotatable bonds is 4. The molecule has 2 aliphatic rings. The number of aryl methyl sites for hydroxylation is 3. The van der Waals surface area contributed by atoms with Crippen molar-refractivity contribution in [1.82, 2.24) is 4.98 Å². The molecule has 0 spiro atoms. The lowest BCUT2D eigenvalue weighted by atomic mass is 9.83. The average molecular weight is 442 g/mol. The molecule has 31 heavy (non-hydrogen) atoms. The highest BCUT2D eigenvalue weighted by molar-refractivity contribution is 7.18. The number of carboxylic acid groups (broad SMARTS) is 1. The Balaban J connectivity index is 2.08. The van der Waals surface area contributed by atoms with E-state index in [0.29, 0.717) is 17.7 Å². The van der Waals surface area contributed by atoms with Gasteiger partial charge in [0.1, 0.15) is 4.83 Å². The molecule has 0 saturated heterocycles. The predicted molar refractivity (Wildman–Crippen MR) is 125 cm³/mol. The van der Waals surface area contributed by atoms with Crippen LogP contribution >= 0.6 is 11.3 Å². The number of hydrogen-bond donors (Lipinski definition) is 2. The fourth-order valence-corrected chi connectivity index (χ4v) is 6.02. The van der Waals surface area contributed by atoms with E-state index < -0.39 is 23.8 Å². The molecule has 0 amide bonds. The Morgan fingerprint density at radius 2 is 1.94 bits per heavy atom. The Labute approximate surface area is 187 Å². The second-order valence-electron chi connectivity index (χ2n) is 9.68. The van der Waals surface area contributed by atoms with Gasteiger partial charge in [0, 0.05) is 21.5 Å². The summed E-state index contributed by atoms with van der Waals surface area (Å²) in [6.45, 7) is 9.43. The summed E-state index contributed by atoms with van der Waals surface area (Å²) in [6, 6.07) is 0. The van der Waals surface area contributed by atoms with Gasteiger partial charge in [0.2, 0.25) is 0 Å². The molecule has 6 heteroatoms. The van der Waals surface area contributed by atoms with Crippen LogP contribution in [0.5, 0.6) is 0 Å². The number of aliphatic carboxylic acids is 1. The highest BCUT2D eigenvalue weighted by Crippen LogP contribution is 2.45. The molecule has 4 rings (SSSR count). The predicted octanol–water partition coefficient (Wildman–Crippen LogP) is 5.52. The molecule has 2 aliphatic carbocycles. The Morgan fingerprint density at radius 3 is 2.58 bits per heavy atom. The summed E-state index contributed by atoms with van der Waals surface area (Å²) in [5.41, 5.74) is 4.53. The van der Waals surface area contributed by atoms with E-state index in [1.807, 2.05) is 46.8 Å². The summed E-state index contributed by atoms with van der Waals surface area (Å²) in [5, 5.41) is 22.2. The van der Waals surface area contributed by atoms with E-state index in [1.54, 1.807) is 11.3 Å². The van der Waals surface area contributed by atoms with Crippen molar-refractivity contribution < 1.29 is 19.7 Å². The van der Waals surface area contributed by atoms with Crippen LogP contribution in [0.25, 0.3) is 15.8 Å². The Bertz CT molecular complexity index is 1100. The van der Waals surface area contributed by atoms with Gasteiger partial charge in [-0.1, -0.05) is 17.7 Å². The number of allylic oxidation sites excluding steroid dienone is 2. The van der Waals surface area contributed by atoms with Gasteiger partial charge in [-0.25, -0.2) is 9.78 Å². The maximum Gasteiger partial charge on any atom is 0.337 e. The zero-order valence-corrected chi connectivity index (χ0v) is 19.7. The number of aliphatic hydroxyl groups excluding tert-OH is 1. The molecule has 0 aromatic carbocycles. The van der Waals surface area contributed by atoms with Crippen LogP contribution in [0.2, 0.25) is 0 Å². The third-order valence-electron chi connectivity index (χ3n) is 6.00. The van der Waals surface area contributed by atoms with Crippen molar-refractivity contribution in [3.63, 3.8) is 0 Å². The third kappa shape index (κ3) is 4.21. The topological polar surface area (TPSA) is 79.7 Å². The molecule has 2 N–H and O–H groups in total. The largest absolute Gasteiger partial charge is 0.479 e. The number of aromatic nitrogens is 1. The van der Waals surface area contributed by atoms with Gasteiger partial charge >= 0.3 is 5.97 Å². The Morgan fingerprint density at radius 1 is 1.23 bits per heavy atom. The van der Waals surface area contributed by atoms with Crippen LogP contribution in [-0.2, 0) is 22.4 Å². The van der Waals surface area contributed by atoms with E-state index in [1.165, 1.54) is 16.9 Å². The van der Waals surface area contributed by atoms with E-state index in [4.69, 9.17) is 9.72 Å². The molecule has 166 valence electrons. The van der Waals surface area contributed by atoms with Crippen molar-refractivity contribution in [1.29, 1.82) is 0 Å². The first-order valence-corrected chi connectivity index (χ1v) is 11.8. The Hall–Kier alpha value is -2.02. The van der Waals surface area contributed by atoms with Gasteiger partial charge in [-0.2, -0.15) is 0 Å². The zero-order chi connectivity index (χ0) is 22.5.